The molecular formula is C28H42N6O4. The van der Waals surface area contributed by atoms with Crippen molar-refractivity contribution in [2.45, 2.75) is 59.0 Å². The minimum atomic E-state index is -0.277. The van der Waals surface area contributed by atoms with E-state index < -0.39 is 0 Å². The Hall–Kier alpha value is -2.98. The lowest BCUT2D eigenvalue weighted by Gasteiger charge is -2.40. The molecule has 2 aromatic heterocycles. The number of morpholine rings is 1. The highest BCUT2D eigenvalue weighted by Gasteiger charge is 2.36. The first kappa shape index (κ1) is 28.0. The van der Waals surface area contributed by atoms with Crippen molar-refractivity contribution in [1.82, 2.24) is 25.1 Å². The molecule has 4 rings (SSSR count). The molecule has 0 radical (unpaired) electrons. The van der Waals surface area contributed by atoms with Crippen LogP contribution in [0.4, 0.5) is 5.82 Å². The Morgan fingerprint density at radius 3 is 2.66 bits per heavy atom. The number of carbonyl (C=O) groups excluding carboxylic acids is 2. The predicted octanol–water partition coefficient (Wildman–Crippen LogP) is 2.91. The summed E-state index contributed by atoms with van der Waals surface area (Å²) in [5.41, 5.74) is 0.146. The topological polar surface area (TPSA) is 113 Å². The largest absolute Gasteiger partial charge is 0.467 e. The van der Waals surface area contributed by atoms with Crippen molar-refractivity contribution in [1.29, 1.82) is 0 Å². The van der Waals surface area contributed by atoms with E-state index >= 15 is 0 Å². The van der Waals surface area contributed by atoms with Crippen LogP contribution in [-0.4, -0.2) is 83.6 Å². The zero-order valence-corrected chi connectivity index (χ0v) is 23.3. The third-order valence-corrected chi connectivity index (χ3v) is 6.96. The van der Waals surface area contributed by atoms with Crippen LogP contribution in [0.2, 0.25) is 0 Å². The van der Waals surface area contributed by atoms with Crippen molar-refractivity contribution in [3.63, 3.8) is 0 Å². The summed E-state index contributed by atoms with van der Waals surface area (Å²) in [4.78, 5) is 40.5. The van der Waals surface area contributed by atoms with Crippen molar-refractivity contribution in [3.05, 3.63) is 41.7 Å². The fourth-order valence-corrected chi connectivity index (χ4v) is 4.95. The number of rotatable bonds is 8. The van der Waals surface area contributed by atoms with Crippen LogP contribution >= 0.6 is 0 Å². The van der Waals surface area contributed by atoms with E-state index in [0.29, 0.717) is 76.1 Å². The van der Waals surface area contributed by atoms with Gasteiger partial charge in [0, 0.05) is 50.4 Å². The first-order valence-corrected chi connectivity index (χ1v) is 13.7. The van der Waals surface area contributed by atoms with Crippen molar-refractivity contribution < 1.29 is 18.7 Å². The smallest absolute Gasteiger partial charge is 0.259 e. The number of hydrogen-bond donors (Lipinski definition) is 2. The van der Waals surface area contributed by atoms with E-state index in [0.717, 1.165) is 5.76 Å². The minimum Gasteiger partial charge on any atom is -0.467 e. The van der Waals surface area contributed by atoms with Gasteiger partial charge in [0.25, 0.3) is 5.91 Å². The summed E-state index contributed by atoms with van der Waals surface area (Å²) in [7, 11) is 0. The maximum atomic E-state index is 14.1. The third-order valence-electron chi connectivity index (χ3n) is 6.96. The van der Waals surface area contributed by atoms with Gasteiger partial charge in [-0.05, 0) is 24.5 Å². The number of anilines is 1. The molecule has 4 heterocycles. The third kappa shape index (κ3) is 6.91. The molecule has 2 amide bonds. The van der Waals surface area contributed by atoms with E-state index in [1.165, 1.54) is 0 Å². The van der Waals surface area contributed by atoms with Crippen LogP contribution < -0.4 is 10.6 Å². The minimum absolute atomic E-state index is 0.117. The van der Waals surface area contributed by atoms with E-state index in [-0.39, 0.29) is 35.1 Å². The Balaban J connectivity index is 1.58. The van der Waals surface area contributed by atoms with Crippen LogP contribution in [0.25, 0.3) is 0 Å². The molecule has 0 aliphatic carbocycles. The highest BCUT2D eigenvalue weighted by atomic mass is 16.5. The number of furan rings is 1. The summed E-state index contributed by atoms with van der Waals surface area (Å²) in [6, 6.07) is 3.59. The summed E-state index contributed by atoms with van der Waals surface area (Å²) in [6.45, 7) is 15.0. The maximum absolute atomic E-state index is 14.1. The van der Waals surface area contributed by atoms with Gasteiger partial charge in [0.2, 0.25) is 5.91 Å². The molecule has 2 aromatic rings. The van der Waals surface area contributed by atoms with Crippen LogP contribution in [0, 0.1) is 11.8 Å². The van der Waals surface area contributed by atoms with Gasteiger partial charge >= 0.3 is 0 Å². The summed E-state index contributed by atoms with van der Waals surface area (Å²) >= 11 is 0. The molecule has 2 N–H and O–H groups in total. The molecule has 10 nitrogen and oxygen atoms in total. The highest BCUT2D eigenvalue weighted by Crippen LogP contribution is 2.26. The molecule has 0 aromatic carbocycles. The van der Waals surface area contributed by atoms with E-state index in [1.54, 1.807) is 12.5 Å². The fraction of sp³-hybridized carbons (Fsp3) is 0.643. The van der Waals surface area contributed by atoms with E-state index in [9.17, 15) is 9.59 Å². The molecule has 0 bridgehead atoms. The molecule has 2 fully saturated rings. The molecule has 38 heavy (non-hydrogen) atoms. The summed E-state index contributed by atoms with van der Waals surface area (Å²) < 4.78 is 10.9. The first-order valence-electron chi connectivity index (χ1n) is 13.7. The van der Waals surface area contributed by atoms with Crippen LogP contribution in [0.5, 0.6) is 0 Å². The van der Waals surface area contributed by atoms with E-state index in [1.807, 2.05) is 42.7 Å². The average Bonchev–Trinajstić information content (AvgIpc) is 3.43. The number of amides is 2. The maximum Gasteiger partial charge on any atom is 0.259 e. The number of ether oxygens (including phenoxy) is 1. The number of hydrogen-bond acceptors (Lipinski definition) is 8. The van der Waals surface area contributed by atoms with Crippen molar-refractivity contribution in [2.24, 2.45) is 11.8 Å². The number of piperidine rings is 1. The van der Waals surface area contributed by atoms with Gasteiger partial charge in [-0.15, -0.1) is 0 Å². The van der Waals surface area contributed by atoms with E-state index in [2.05, 4.69) is 29.5 Å². The lowest BCUT2D eigenvalue weighted by atomic mass is 9.92. The fourth-order valence-electron chi connectivity index (χ4n) is 4.95. The summed E-state index contributed by atoms with van der Waals surface area (Å²) in [5, 5.41) is 6.73. The van der Waals surface area contributed by atoms with Gasteiger partial charge < -0.3 is 29.6 Å². The SMILES string of the molecule is CC(C)CN(C(=O)c1cnc(C(C)(C)C)nc1NCc1ccco1)[C@@H]1CNC[C@@H](C(=O)N2CCOCC2)C1. The molecule has 0 spiro atoms. The molecular weight excluding hydrogens is 484 g/mol. The lowest BCUT2D eigenvalue weighted by molar-refractivity contribution is -0.140. The molecule has 2 atom stereocenters. The first-order chi connectivity index (χ1) is 18.1. The predicted molar refractivity (Wildman–Crippen MR) is 145 cm³/mol. The normalized spacial score (nSPS) is 20.4. The molecule has 0 saturated carbocycles. The van der Waals surface area contributed by atoms with Crippen molar-refractivity contribution in [3.8, 4) is 0 Å². The van der Waals surface area contributed by atoms with Crippen LogP contribution in [0.1, 0.15) is 63.0 Å². The second kappa shape index (κ2) is 12.3. The Bertz CT molecular complexity index is 1080. The van der Waals surface area contributed by atoms with E-state index in [4.69, 9.17) is 14.1 Å². The van der Waals surface area contributed by atoms with Gasteiger partial charge in [-0.1, -0.05) is 34.6 Å². The van der Waals surface area contributed by atoms with Gasteiger partial charge in [-0.3, -0.25) is 9.59 Å². The lowest BCUT2D eigenvalue weighted by Crippen LogP contribution is -2.56. The summed E-state index contributed by atoms with van der Waals surface area (Å²) in [5.74, 6) is 1.98. The van der Waals surface area contributed by atoms with Gasteiger partial charge in [-0.2, -0.15) is 0 Å². The van der Waals surface area contributed by atoms with Gasteiger partial charge in [0.15, 0.2) is 0 Å². The quantitative estimate of drug-likeness (QED) is 0.540. The van der Waals surface area contributed by atoms with Crippen molar-refractivity contribution in [2.75, 3.05) is 51.3 Å². The molecule has 2 aliphatic heterocycles. The number of carbonyl (C=O) groups is 2. The average molecular weight is 527 g/mol. The number of nitrogens with zero attached hydrogens (tertiary/aromatic N) is 4. The monoisotopic (exact) mass is 526 g/mol. The number of aromatic nitrogens is 2. The summed E-state index contributed by atoms with van der Waals surface area (Å²) in [6.07, 6.45) is 3.89. The van der Waals surface area contributed by atoms with Gasteiger partial charge in [0.1, 0.15) is 23.0 Å². The second-order valence-corrected chi connectivity index (χ2v) is 11.7. The Morgan fingerprint density at radius 2 is 2.00 bits per heavy atom. The standard InChI is InChI=1S/C28H42N6O4/c1-19(2)18-34(21-13-20(14-29-15-21)25(35)33-8-11-37-12-9-33)26(36)23-17-31-27(28(3,4)5)32-24(23)30-16-22-7-6-10-38-22/h6-7,10,17,19-21,29H,8-9,11-16,18H2,1-5H3,(H,30,31,32)/t20-,21-/m0/s1. The second-order valence-electron chi connectivity index (χ2n) is 11.7. The number of nitrogens with one attached hydrogen (secondary N) is 2. The highest BCUT2D eigenvalue weighted by molar-refractivity contribution is 5.98. The van der Waals surface area contributed by atoms with Crippen molar-refractivity contribution >= 4 is 17.6 Å². The van der Waals surface area contributed by atoms with Crippen LogP contribution in [0.3, 0.4) is 0 Å². The molecule has 0 unspecified atom stereocenters. The molecule has 2 saturated heterocycles. The van der Waals surface area contributed by atoms with Crippen LogP contribution in [-0.2, 0) is 21.5 Å². The van der Waals surface area contributed by atoms with Crippen LogP contribution in [0.15, 0.2) is 29.0 Å². The molecule has 208 valence electrons. The van der Waals surface area contributed by atoms with Gasteiger partial charge in [0.05, 0.1) is 31.9 Å². The Kier molecular flexibility index (Phi) is 9.04. The Labute approximate surface area is 225 Å². The Morgan fingerprint density at radius 1 is 1.24 bits per heavy atom. The zero-order valence-electron chi connectivity index (χ0n) is 23.3. The zero-order chi connectivity index (χ0) is 27.3. The van der Waals surface area contributed by atoms with Gasteiger partial charge in [-0.25, -0.2) is 9.97 Å². The molecule has 10 heteroatoms. The molecule has 2 aliphatic rings.